The fraction of sp³-hybridized carbons (Fsp3) is 0.462. The minimum atomic E-state index is -0.778. The highest BCUT2D eigenvalue weighted by atomic mass is 19.1. The van der Waals surface area contributed by atoms with E-state index < -0.39 is 17.4 Å². The molecule has 0 aliphatic carbocycles. The average molecular weight is 272 g/mol. The molecule has 0 bridgehead atoms. The van der Waals surface area contributed by atoms with Crippen molar-refractivity contribution in [3.63, 3.8) is 0 Å². The molecule has 0 atom stereocenters. The Kier molecular flexibility index (Phi) is 5.69. The van der Waals surface area contributed by atoms with Gasteiger partial charge in [-0.2, -0.15) is 0 Å². The number of amides is 1. The second-order valence-corrected chi connectivity index (χ2v) is 4.33. The number of carbonyl (C=O) groups is 1. The lowest BCUT2D eigenvalue weighted by atomic mass is 10.2. The van der Waals surface area contributed by atoms with E-state index in [0.717, 1.165) is 12.1 Å². The molecule has 0 saturated carbocycles. The van der Waals surface area contributed by atoms with Crippen LogP contribution in [0, 0.1) is 11.6 Å². The molecule has 0 fully saturated rings. The summed E-state index contributed by atoms with van der Waals surface area (Å²) in [5, 5.41) is 0. The molecule has 0 unspecified atom stereocenters. The fourth-order valence-electron chi connectivity index (χ4n) is 1.49. The van der Waals surface area contributed by atoms with E-state index in [2.05, 4.69) is 0 Å². The summed E-state index contributed by atoms with van der Waals surface area (Å²) >= 11 is 0. The van der Waals surface area contributed by atoms with Crippen LogP contribution >= 0.6 is 0 Å². The van der Waals surface area contributed by atoms with E-state index in [0.29, 0.717) is 12.0 Å². The molecule has 106 valence electrons. The summed E-state index contributed by atoms with van der Waals surface area (Å²) in [5.74, 6) is -2.03. The molecule has 1 rings (SSSR count). The molecule has 0 aliphatic heterocycles. The van der Waals surface area contributed by atoms with Crippen molar-refractivity contribution in [1.29, 1.82) is 0 Å². The first kappa shape index (κ1) is 15.4. The minimum Gasteiger partial charge on any atom is -0.488 e. The van der Waals surface area contributed by atoms with E-state index in [-0.39, 0.29) is 25.5 Å². The number of nitrogens with two attached hydrogens (primary N) is 1. The van der Waals surface area contributed by atoms with Crippen LogP contribution in [0.1, 0.15) is 18.4 Å². The Balaban J connectivity index is 2.52. The summed E-state index contributed by atoms with van der Waals surface area (Å²) in [4.78, 5) is 12.7. The third-order valence-electron chi connectivity index (χ3n) is 2.57. The minimum absolute atomic E-state index is 0.0528. The first-order valence-electron chi connectivity index (χ1n) is 5.96. The molecule has 0 heterocycles. The van der Waals surface area contributed by atoms with Gasteiger partial charge in [-0.1, -0.05) is 0 Å². The van der Waals surface area contributed by atoms with Gasteiger partial charge in [0.05, 0.1) is 6.61 Å². The zero-order valence-corrected chi connectivity index (χ0v) is 11.1. The van der Waals surface area contributed by atoms with Gasteiger partial charge in [0, 0.05) is 27.1 Å². The van der Waals surface area contributed by atoms with Gasteiger partial charge >= 0.3 is 0 Å². The van der Waals surface area contributed by atoms with E-state index >= 15 is 0 Å². The fourth-order valence-corrected chi connectivity index (χ4v) is 1.49. The Hall–Kier alpha value is -1.69. The smallest absolute Gasteiger partial charge is 0.222 e. The number of halogens is 2. The van der Waals surface area contributed by atoms with Gasteiger partial charge in [0.15, 0.2) is 17.4 Å². The maximum atomic E-state index is 13.5. The van der Waals surface area contributed by atoms with Crippen molar-refractivity contribution in [2.45, 2.75) is 19.4 Å². The molecule has 1 amide bonds. The number of hydrogen-bond acceptors (Lipinski definition) is 3. The molecule has 0 aromatic heterocycles. The van der Waals surface area contributed by atoms with Crippen LogP contribution < -0.4 is 10.5 Å². The van der Waals surface area contributed by atoms with Crippen molar-refractivity contribution >= 4 is 5.91 Å². The lowest BCUT2D eigenvalue weighted by Gasteiger charge is -2.11. The van der Waals surface area contributed by atoms with Gasteiger partial charge in [-0.15, -0.1) is 0 Å². The number of carbonyl (C=O) groups excluding carboxylic acids is 1. The van der Waals surface area contributed by atoms with E-state index in [1.165, 1.54) is 4.90 Å². The highest BCUT2D eigenvalue weighted by molar-refractivity contribution is 5.75. The molecule has 1 aromatic carbocycles. The van der Waals surface area contributed by atoms with Crippen molar-refractivity contribution in [2.24, 2.45) is 5.73 Å². The molecule has 19 heavy (non-hydrogen) atoms. The highest BCUT2D eigenvalue weighted by Crippen LogP contribution is 2.23. The molecule has 2 N–H and O–H groups in total. The third kappa shape index (κ3) is 4.48. The lowest BCUT2D eigenvalue weighted by molar-refractivity contribution is -0.128. The zero-order valence-electron chi connectivity index (χ0n) is 11.1. The van der Waals surface area contributed by atoms with Crippen LogP contribution in [0.15, 0.2) is 12.1 Å². The number of ether oxygens (including phenoxy) is 1. The van der Waals surface area contributed by atoms with E-state index in [9.17, 15) is 13.6 Å². The van der Waals surface area contributed by atoms with E-state index in [4.69, 9.17) is 10.5 Å². The molecular weight excluding hydrogens is 254 g/mol. The molecule has 6 heteroatoms. The topological polar surface area (TPSA) is 55.6 Å². The summed E-state index contributed by atoms with van der Waals surface area (Å²) in [6, 6.07) is 2.28. The van der Waals surface area contributed by atoms with Crippen LogP contribution in [0.2, 0.25) is 0 Å². The first-order valence-corrected chi connectivity index (χ1v) is 5.96. The van der Waals surface area contributed by atoms with Crippen LogP contribution in [0.3, 0.4) is 0 Å². The Labute approximate surface area is 111 Å². The van der Waals surface area contributed by atoms with Crippen molar-refractivity contribution in [3.8, 4) is 5.75 Å². The van der Waals surface area contributed by atoms with Crippen LogP contribution in [0.25, 0.3) is 0 Å². The van der Waals surface area contributed by atoms with E-state index in [1.54, 1.807) is 14.1 Å². The Morgan fingerprint density at radius 3 is 2.37 bits per heavy atom. The largest absolute Gasteiger partial charge is 0.488 e. The van der Waals surface area contributed by atoms with Gasteiger partial charge in [-0.25, -0.2) is 8.78 Å². The van der Waals surface area contributed by atoms with Gasteiger partial charge in [0.2, 0.25) is 5.91 Å². The van der Waals surface area contributed by atoms with Crippen molar-refractivity contribution in [1.82, 2.24) is 4.90 Å². The monoisotopic (exact) mass is 272 g/mol. The third-order valence-corrected chi connectivity index (χ3v) is 2.57. The molecule has 0 aliphatic rings. The number of benzene rings is 1. The lowest BCUT2D eigenvalue weighted by Crippen LogP contribution is -2.21. The summed E-state index contributed by atoms with van der Waals surface area (Å²) in [6.07, 6.45) is 0.672. The van der Waals surface area contributed by atoms with Gasteiger partial charge in [-0.05, 0) is 24.1 Å². The average Bonchev–Trinajstić information content (AvgIpc) is 2.36. The maximum Gasteiger partial charge on any atom is 0.222 e. The predicted octanol–water partition coefficient (Wildman–Crippen LogP) is 1.67. The van der Waals surface area contributed by atoms with Crippen LogP contribution in [-0.4, -0.2) is 31.5 Å². The van der Waals surface area contributed by atoms with Crippen LogP contribution in [-0.2, 0) is 11.3 Å². The van der Waals surface area contributed by atoms with Crippen molar-refractivity contribution < 1.29 is 18.3 Å². The van der Waals surface area contributed by atoms with Crippen LogP contribution in [0.5, 0.6) is 5.75 Å². The SMILES string of the molecule is CN(C)C(=O)CCCOc1c(F)cc(CN)cc1F. The molecule has 0 saturated heterocycles. The van der Waals surface area contributed by atoms with Gasteiger partial charge in [0.25, 0.3) is 0 Å². The molecular formula is C13H18F2N2O2. The molecule has 4 nitrogen and oxygen atoms in total. The van der Waals surface area contributed by atoms with Gasteiger partial charge in [0.1, 0.15) is 0 Å². The van der Waals surface area contributed by atoms with E-state index in [1.807, 2.05) is 0 Å². The highest BCUT2D eigenvalue weighted by Gasteiger charge is 2.12. The molecule has 0 spiro atoms. The number of hydrogen-bond donors (Lipinski definition) is 1. The Morgan fingerprint density at radius 1 is 1.32 bits per heavy atom. The Morgan fingerprint density at radius 2 is 1.89 bits per heavy atom. The predicted molar refractivity (Wildman–Crippen MR) is 67.7 cm³/mol. The molecule has 1 aromatic rings. The normalized spacial score (nSPS) is 10.4. The number of rotatable bonds is 6. The van der Waals surface area contributed by atoms with Crippen molar-refractivity contribution in [2.75, 3.05) is 20.7 Å². The molecule has 0 radical (unpaired) electrons. The first-order chi connectivity index (χ1) is 8.95. The standard InChI is InChI=1S/C13H18F2N2O2/c1-17(2)12(18)4-3-5-19-13-10(14)6-9(8-16)7-11(13)15/h6-7H,3-5,8,16H2,1-2H3. The Bertz CT molecular complexity index is 427. The van der Waals surface area contributed by atoms with Gasteiger partial charge in [-0.3, -0.25) is 4.79 Å². The second kappa shape index (κ2) is 7.04. The summed E-state index contributed by atoms with van der Waals surface area (Å²) in [5.41, 5.74) is 5.67. The summed E-state index contributed by atoms with van der Waals surface area (Å²) < 4.78 is 32.1. The van der Waals surface area contributed by atoms with Crippen molar-refractivity contribution in [3.05, 3.63) is 29.3 Å². The zero-order chi connectivity index (χ0) is 14.4. The summed E-state index contributed by atoms with van der Waals surface area (Å²) in [7, 11) is 3.29. The van der Waals surface area contributed by atoms with Gasteiger partial charge < -0.3 is 15.4 Å². The second-order valence-electron chi connectivity index (χ2n) is 4.33. The summed E-state index contributed by atoms with van der Waals surface area (Å²) in [6.45, 7) is 0.140. The maximum absolute atomic E-state index is 13.5. The number of nitrogens with zero attached hydrogens (tertiary/aromatic N) is 1. The quantitative estimate of drug-likeness (QED) is 0.801. The van der Waals surface area contributed by atoms with Crippen LogP contribution in [0.4, 0.5) is 8.78 Å².